The third-order valence-corrected chi connectivity index (χ3v) is 10.1. The average molecular weight is 494 g/mol. The van der Waals surface area contributed by atoms with Crippen LogP contribution in [0.4, 0.5) is 0 Å². The second-order valence-corrected chi connectivity index (χ2v) is 14.3. The smallest absolute Gasteiger partial charge is 0.198 e. The van der Waals surface area contributed by atoms with E-state index in [1.165, 1.54) is 87.1 Å². The SMILES string of the molecule is CC(C)(C)CC(C)(C)N(C1CCCCCCCCCCC1)P1Oc2ccccc2-c2ccccc21. The summed E-state index contributed by atoms with van der Waals surface area (Å²) in [4.78, 5) is 0. The van der Waals surface area contributed by atoms with Gasteiger partial charge >= 0.3 is 0 Å². The summed E-state index contributed by atoms with van der Waals surface area (Å²) in [5, 5.41) is 1.40. The van der Waals surface area contributed by atoms with E-state index in [4.69, 9.17) is 4.52 Å². The highest BCUT2D eigenvalue weighted by Gasteiger charge is 2.44. The third-order valence-electron chi connectivity index (χ3n) is 7.67. The summed E-state index contributed by atoms with van der Waals surface area (Å²) in [5.74, 6) is 1.06. The van der Waals surface area contributed by atoms with Gasteiger partial charge in [-0.1, -0.05) is 115 Å². The van der Waals surface area contributed by atoms with Crippen molar-refractivity contribution in [1.29, 1.82) is 0 Å². The zero-order chi connectivity index (χ0) is 24.9. The first-order valence-corrected chi connectivity index (χ1v) is 15.4. The van der Waals surface area contributed by atoms with Crippen LogP contribution in [0.1, 0.15) is 112 Å². The third kappa shape index (κ3) is 6.90. The molecule has 192 valence electrons. The molecule has 0 amide bonds. The van der Waals surface area contributed by atoms with Gasteiger partial charge in [-0.15, -0.1) is 0 Å². The van der Waals surface area contributed by atoms with E-state index in [0.717, 1.165) is 12.2 Å². The first-order chi connectivity index (χ1) is 16.8. The first-order valence-electron chi connectivity index (χ1n) is 14.2. The van der Waals surface area contributed by atoms with Gasteiger partial charge in [-0.25, -0.2) is 4.67 Å². The van der Waals surface area contributed by atoms with E-state index in [0.29, 0.717) is 6.04 Å². The van der Waals surface area contributed by atoms with Gasteiger partial charge < -0.3 is 4.52 Å². The Hall–Kier alpha value is -1.37. The van der Waals surface area contributed by atoms with Gasteiger partial charge in [0.25, 0.3) is 0 Å². The van der Waals surface area contributed by atoms with Crippen LogP contribution in [0.2, 0.25) is 0 Å². The lowest BCUT2D eigenvalue weighted by Gasteiger charge is -2.50. The van der Waals surface area contributed by atoms with Crippen molar-refractivity contribution in [1.82, 2.24) is 4.67 Å². The van der Waals surface area contributed by atoms with E-state index in [-0.39, 0.29) is 11.0 Å². The van der Waals surface area contributed by atoms with Gasteiger partial charge in [0.15, 0.2) is 8.30 Å². The molecule has 1 aliphatic carbocycles. The molecule has 0 radical (unpaired) electrons. The Morgan fingerprint density at radius 1 is 0.714 bits per heavy atom. The normalized spacial score (nSPS) is 20.8. The molecule has 1 atom stereocenters. The quantitative estimate of drug-likeness (QED) is 0.393. The molecular weight excluding hydrogens is 445 g/mol. The van der Waals surface area contributed by atoms with Crippen molar-refractivity contribution in [3.63, 3.8) is 0 Å². The van der Waals surface area contributed by atoms with Crippen LogP contribution in [-0.2, 0) is 0 Å². The van der Waals surface area contributed by atoms with Gasteiger partial charge in [-0.2, -0.15) is 0 Å². The molecule has 35 heavy (non-hydrogen) atoms. The van der Waals surface area contributed by atoms with Gasteiger partial charge in [0, 0.05) is 22.4 Å². The summed E-state index contributed by atoms with van der Waals surface area (Å²) in [7, 11) is -0.916. The number of para-hydroxylation sites is 1. The zero-order valence-corrected chi connectivity index (χ0v) is 23.9. The Bertz CT molecular complexity index is 935. The molecule has 1 saturated carbocycles. The highest BCUT2D eigenvalue weighted by Crippen LogP contribution is 2.56. The molecule has 1 heterocycles. The standard InChI is InChI=1S/C32H48NOP/c1-31(2,3)25-32(4,5)33(26-19-13-11-9-7-6-8-10-12-14-20-26)35-30-24-18-16-22-28(30)27-21-15-17-23-29(27)34-35/h15-18,21-24,26H,6-14,19-20,25H2,1-5H3. The van der Waals surface area contributed by atoms with Crippen molar-refractivity contribution in [2.45, 2.75) is 123 Å². The molecule has 1 aliphatic heterocycles. The van der Waals surface area contributed by atoms with E-state index in [1.807, 2.05) is 0 Å². The summed E-state index contributed by atoms with van der Waals surface area (Å²) >= 11 is 0. The average Bonchev–Trinajstić information content (AvgIpc) is 2.79. The number of hydrogen-bond acceptors (Lipinski definition) is 2. The van der Waals surface area contributed by atoms with Crippen molar-refractivity contribution < 1.29 is 4.52 Å². The van der Waals surface area contributed by atoms with E-state index < -0.39 is 8.30 Å². The molecule has 3 heteroatoms. The minimum Gasteiger partial charge on any atom is -0.453 e. The minimum absolute atomic E-state index is 0.0467. The van der Waals surface area contributed by atoms with Gasteiger partial charge in [0.2, 0.25) is 0 Å². The molecule has 2 aliphatic rings. The van der Waals surface area contributed by atoms with Crippen LogP contribution in [0.25, 0.3) is 11.1 Å². The molecule has 1 fully saturated rings. The lowest BCUT2D eigenvalue weighted by atomic mass is 9.81. The van der Waals surface area contributed by atoms with Crippen molar-refractivity contribution in [2.75, 3.05) is 0 Å². The first kappa shape index (κ1) is 26.7. The fourth-order valence-corrected chi connectivity index (χ4v) is 9.06. The molecule has 0 bridgehead atoms. The molecule has 0 N–H and O–H groups in total. The van der Waals surface area contributed by atoms with Gasteiger partial charge in [-0.3, -0.25) is 0 Å². The summed E-state index contributed by atoms with van der Waals surface area (Å²) in [5.41, 5.74) is 2.92. The Morgan fingerprint density at radius 2 is 1.23 bits per heavy atom. The Kier molecular flexibility index (Phi) is 8.99. The van der Waals surface area contributed by atoms with Crippen molar-refractivity contribution in [3.05, 3.63) is 48.5 Å². The maximum absolute atomic E-state index is 7.04. The van der Waals surface area contributed by atoms with Crippen molar-refractivity contribution >= 4 is 13.6 Å². The van der Waals surface area contributed by atoms with Crippen molar-refractivity contribution in [2.24, 2.45) is 5.41 Å². The fourth-order valence-electron chi connectivity index (χ4n) is 6.59. The topological polar surface area (TPSA) is 12.5 Å². The van der Waals surface area contributed by atoms with Crippen molar-refractivity contribution in [3.8, 4) is 16.9 Å². The van der Waals surface area contributed by atoms with E-state index in [1.54, 1.807) is 0 Å². The molecule has 2 aromatic carbocycles. The second-order valence-electron chi connectivity index (χ2n) is 12.7. The lowest BCUT2D eigenvalue weighted by Crippen LogP contribution is -2.51. The van der Waals surface area contributed by atoms with Crippen LogP contribution in [-0.4, -0.2) is 16.3 Å². The van der Waals surface area contributed by atoms with E-state index >= 15 is 0 Å². The molecule has 0 aromatic heterocycles. The Balaban J connectivity index is 1.74. The molecule has 2 nitrogen and oxygen atoms in total. The highest BCUT2D eigenvalue weighted by atomic mass is 31.2. The minimum atomic E-state index is -0.916. The Labute approximate surface area is 216 Å². The lowest BCUT2D eigenvalue weighted by molar-refractivity contribution is 0.106. The second kappa shape index (κ2) is 11.8. The number of fused-ring (bicyclic) bond motifs is 3. The fraction of sp³-hybridized carbons (Fsp3) is 0.625. The molecule has 0 saturated heterocycles. The van der Waals surface area contributed by atoms with E-state index in [2.05, 4.69) is 87.8 Å². The predicted molar refractivity (Wildman–Crippen MR) is 154 cm³/mol. The van der Waals surface area contributed by atoms with Crippen LogP contribution in [0.3, 0.4) is 0 Å². The summed E-state index contributed by atoms with van der Waals surface area (Å²) in [6, 6.07) is 18.3. The summed E-state index contributed by atoms with van der Waals surface area (Å²) < 4.78 is 9.92. The number of nitrogens with zero attached hydrogens (tertiary/aromatic N) is 1. The number of hydrogen-bond donors (Lipinski definition) is 0. The van der Waals surface area contributed by atoms with Gasteiger partial charge in [0.1, 0.15) is 5.75 Å². The monoisotopic (exact) mass is 493 g/mol. The molecule has 1 unspecified atom stereocenters. The predicted octanol–water partition coefficient (Wildman–Crippen LogP) is 9.87. The molecule has 4 rings (SSSR count). The van der Waals surface area contributed by atoms with Gasteiger partial charge in [0.05, 0.1) is 0 Å². The zero-order valence-electron chi connectivity index (χ0n) is 23.0. The van der Waals surface area contributed by atoms with Crippen LogP contribution in [0.5, 0.6) is 5.75 Å². The summed E-state index contributed by atoms with van der Waals surface area (Å²) in [6.45, 7) is 12.2. The molecule has 2 aromatic rings. The highest BCUT2D eigenvalue weighted by molar-refractivity contribution is 7.59. The van der Waals surface area contributed by atoms with Crippen LogP contribution >= 0.6 is 8.30 Å². The number of rotatable bonds is 4. The van der Waals surface area contributed by atoms with Crippen LogP contribution < -0.4 is 9.83 Å². The maximum Gasteiger partial charge on any atom is 0.198 e. The maximum atomic E-state index is 7.04. The number of benzene rings is 2. The van der Waals surface area contributed by atoms with Crippen LogP contribution in [0.15, 0.2) is 48.5 Å². The Morgan fingerprint density at radius 3 is 1.83 bits per heavy atom. The largest absolute Gasteiger partial charge is 0.453 e. The molecule has 0 spiro atoms. The van der Waals surface area contributed by atoms with E-state index in [9.17, 15) is 0 Å². The van der Waals surface area contributed by atoms with Crippen LogP contribution in [0, 0.1) is 5.41 Å². The molecular formula is C32H48NOP. The summed E-state index contributed by atoms with van der Waals surface area (Å²) in [6.07, 6.45) is 16.3. The van der Waals surface area contributed by atoms with Gasteiger partial charge in [-0.05, 0) is 56.2 Å².